The molecule has 1 aliphatic carbocycles. The van der Waals surface area contributed by atoms with Gasteiger partial charge in [-0.2, -0.15) is 0 Å². The number of methoxy groups -OCH3 is 1. The zero-order chi connectivity index (χ0) is 13.8. The molecule has 3 nitrogen and oxygen atoms in total. The third kappa shape index (κ3) is 3.35. The third-order valence-corrected chi connectivity index (χ3v) is 4.15. The summed E-state index contributed by atoms with van der Waals surface area (Å²) in [5.41, 5.74) is 2.20. The SMILES string of the molecule is COC(=O)C(C)c1ccc(C[C@H]2CCC[C@@H]2O)cc1. The summed E-state index contributed by atoms with van der Waals surface area (Å²) in [7, 11) is 1.41. The van der Waals surface area contributed by atoms with Crippen LogP contribution in [0.25, 0.3) is 0 Å². The van der Waals surface area contributed by atoms with Crippen molar-refractivity contribution in [2.24, 2.45) is 5.92 Å². The summed E-state index contributed by atoms with van der Waals surface area (Å²) in [6.07, 6.45) is 3.95. The summed E-state index contributed by atoms with van der Waals surface area (Å²) >= 11 is 0. The molecule has 1 unspecified atom stereocenters. The largest absolute Gasteiger partial charge is 0.469 e. The molecule has 3 atom stereocenters. The first-order valence-electron chi connectivity index (χ1n) is 6.96. The molecule has 0 aromatic heterocycles. The van der Waals surface area contributed by atoms with Crippen molar-refractivity contribution in [3.8, 4) is 0 Å². The zero-order valence-electron chi connectivity index (χ0n) is 11.6. The first-order chi connectivity index (χ1) is 9.11. The highest BCUT2D eigenvalue weighted by Gasteiger charge is 2.25. The lowest BCUT2D eigenvalue weighted by atomic mass is 9.94. The summed E-state index contributed by atoms with van der Waals surface area (Å²) in [6, 6.07) is 8.08. The Morgan fingerprint density at radius 3 is 2.58 bits per heavy atom. The van der Waals surface area contributed by atoms with Crippen LogP contribution in [0.2, 0.25) is 0 Å². The van der Waals surface area contributed by atoms with Crippen LogP contribution in [0.15, 0.2) is 24.3 Å². The van der Waals surface area contributed by atoms with Crippen molar-refractivity contribution in [2.75, 3.05) is 7.11 Å². The van der Waals surface area contributed by atoms with Gasteiger partial charge in [0, 0.05) is 0 Å². The summed E-state index contributed by atoms with van der Waals surface area (Å²) in [5.74, 6) is -0.0426. The molecule has 3 heteroatoms. The lowest BCUT2D eigenvalue weighted by Gasteiger charge is -2.15. The standard InChI is InChI=1S/C16H22O3/c1-11(16(18)19-2)13-8-6-12(7-9-13)10-14-4-3-5-15(14)17/h6-9,11,14-15,17H,3-5,10H2,1-2H3/t11?,14-,15+/m1/s1. The van der Waals surface area contributed by atoms with Crippen molar-refractivity contribution in [3.05, 3.63) is 35.4 Å². The van der Waals surface area contributed by atoms with Crippen molar-refractivity contribution < 1.29 is 14.6 Å². The monoisotopic (exact) mass is 262 g/mol. The highest BCUT2D eigenvalue weighted by Crippen LogP contribution is 2.29. The van der Waals surface area contributed by atoms with Gasteiger partial charge in [-0.1, -0.05) is 30.7 Å². The molecule has 0 radical (unpaired) electrons. The minimum atomic E-state index is -0.226. The molecule has 1 aromatic carbocycles. The molecule has 0 amide bonds. The molecule has 1 aromatic rings. The Morgan fingerprint density at radius 1 is 1.37 bits per heavy atom. The van der Waals surface area contributed by atoms with Crippen LogP contribution in [0.3, 0.4) is 0 Å². The van der Waals surface area contributed by atoms with Crippen LogP contribution in [0.4, 0.5) is 0 Å². The number of carbonyl (C=O) groups excluding carboxylic acids is 1. The average molecular weight is 262 g/mol. The number of benzene rings is 1. The molecule has 0 heterocycles. The summed E-state index contributed by atoms with van der Waals surface area (Å²) in [4.78, 5) is 11.5. The van der Waals surface area contributed by atoms with Crippen molar-refractivity contribution in [2.45, 2.75) is 44.6 Å². The molecule has 19 heavy (non-hydrogen) atoms. The maximum atomic E-state index is 11.5. The van der Waals surface area contributed by atoms with Crippen LogP contribution < -0.4 is 0 Å². The Labute approximate surface area is 114 Å². The second kappa shape index (κ2) is 6.20. The lowest BCUT2D eigenvalue weighted by Crippen LogP contribution is -2.15. The van der Waals surface area contributed by atoms with Crippen LogP contribution in [-0.4, -0.2) is 24.3 Å². The Hall–Kier alpha value is -1.35. The summed E-state index contributed by atoms with van der Waals surface area (Å²) in [6.45, 7) is 1.85. The van der Waals surface area contributed by atoms with E-state index in [1.165, 1.54) is 12.7 Å². The average Bonchev–Trinajstić information content (AvgIpc) is 2.83. The highest BCUT2D eigenvalue weighted by atomic mass is 16.5. The van der Waals surface area contributed by atoms with E-state index >= 15 is 0 Å². The van der Waals surface area contributed by atoms with Gasteiger partial charge >= 0.3 is 5.97 Å². The van der Waals surface area contributed by atoms with Crippen molar-refractivity contribution >= 4 is 5.97 Å². The van der Waals surface area contributed by atoms with Crippen LogP contribution in [0.5, 0.6) is 0 Å². The number of aliphatic hydroxyl groups is 1. The Balaban J connectivity index is 2.00. The summed E-state index contributed by atoms with van der Waals surface area (Å²) < 4.78 is 4.75. The third-order valence-electron chi connectivity index (χ3n) is 4.15. The Kier molecular flexibility index (Phi) is 4.59. The van der Waals surface area contributed by atoms with Gasteiger partial charge in [0.1, 0.15) is 0 Å². The van der Waals surface area contributed by atoms with Gasteiger partial charge in [-0.25, -0.2) is 0 Å². The van der Waals surface area contributed by atoms with E-state index in [0.717, 1.165) is 31.2 Å². The molecule has 0 spiro atoms. The number of ether oxygens (including phenoxy) is 1. The van der Waals surface area contributed by atoms with Gasteiger partial charge in [-0.3, -0.25) is 4.79 Å². The van der Waals surface area contributed by atoms with Crippen LogP contribution in [0.1, 0.15) is 43.2 Å². The van der Waals surface area contributed by atoms with E-state index in [9.17, 15) is 9.90 Å². The number of hydrogen-bond acceptors (Lipinski definition) is 3. The molecule has 104 valence electrons. The normalized spacial score (nSPS) is 24.2. The van der Waals surface area contributed by atoms with Gasteiger partial charge in [0.05, 0.1) is 19.1 Å². The van der Waals surface area contributed by atoms with E-state index in [-0.39, 0.29) is 18.0 Å². The fourth-order valence-electron chi connectivity index (χ4n) is 2.81. The number of rotatable bonds is 4. The van der Waals surface area contributed by atoms with E-state index < -0.39 is 0 Å². The van der Waals surface area contributed by atoms with Gasteiger partial charge in [0.25, 0.3) is 0 Å². The zero-order valence-corrected chi connectivity index (χ0v) is 11.6. The van der Waals surface area contributed by atoms with Crippen LogP contribution in [0, 0.1) is 5.92 Å². The van der Waals surface area contributed by atoms with Crippen molar-refractivity contribution in [3.63, 3.8) is 0 Å². The van der Waals surface area contributed by atoms with E-state index in [1.807, 2.05) is 19.1 Å². The molecule has 0 aliphatic heterocycles. The first-order valence-corrected chi connectivity index (χ1v) is 6.96. The van der Waals surface area contributed by atoms with Gasteiger partial charge in [0.2, 0.25) is 0 Å². The van der Waals surface area contributed by atoms with Gasteiger partial charge in [-0.05, 0) is 43.2 Å². The number of aliphatic hydroxyl groups excluding tert-OH is 1. The highest BCUT2D eigenvalue weighted by molar-refractivity contribution is 5.77. The minimum Gasteiger partial charge on any atom is -0.469 e. The maximum Gasteiger partial charge on any atom is 0.312 e. The van der Waals surface area contributed by atoms with Gasteiger partial charge in [0.15, 0.2) is 0 Å². The first kappa shape index (κ1) is 14.1. The van der Waals surface area contributed by atoms with Crippen LogP contribution in [-0.2, 0) is 16.0 Å². The number of esters is 1. The second-order valence-electron chi connectivity index (χ2n) is 5.45. The van der Waals surface area contributed by atoms with E-state index in [4.69, 9.17) is 4.74 Å². The molecule has 1 aliphatic rings. The maximum absolute atomic E-state index is 11.5. The Bertz CT molecular complexity index is 424. The fraction of sp³-hybridized carbons (Fsp3) is 0.562. The molecular formula is C16H22O3. The van der Waals surface area contributed by atoms with E-state index in [1.54, 1.807) is 0 Å². The molecule has 0 bridgehead atoms. The predicted octanol–water partition coefficient (Wildman–Crippen LogP) is 2.67. The minimum absolute atomic E-state index is 0.145. The molecule has 0 saturated heterocycles. The van der Waals surface area contributed by atoms with E-state index in [0.29, 0.717) is 5.92 Å². The van der Waals surface area contributed by atoms with Crippen molar-refractivity contribution in [1.82, 2.24) is 0 Å². The topological polar surface area (TPSA) is 46.5 Å². The Morgan fingerprint density at radius 2 is 2.05 bits per heavy atom. The van der Waals surface area contributed by atoms with Gasteiger partial charge in [-0.15, -0.1) is 0 Å². The van der Waals surface area contributed by atoms with E-state index in [2.05, 4.69) is 12.1 Å². The van der Waals surface area contributed by atoms with Gasteiger partial charge < -0.3 is 9.84 Å². The quantitative estimate of drug-likeness (QED) is 0.849. The fourth-order valence-corrected chi connectivity index (χ4v) is 2.81. The molecular weight excluding hydrogens is 240 g/mol. The predicted molar refractivity (Wildman–Crippen MR) is 73.9 cm³/mol. The van der Waals surface area contributed by atoms with Crippen molar-refractivity contribution in [1.29, 1.82) is 0 Å². The summed E-state index contributed by atoms with van der Waals surface area (Å²) in [5, 5.41) is 9.84. The second-order valence-corrected chi connectivity index (χ2v) is 5.45. The number of hydrogen-bond donors (Lipinski definition) is 1. The molecule has 1 saturated carbocycles. The molecule has 2 rings (SSSR count). The number of carbonyl (C=O) groups is 1. The molecule has 1 fully saturated rings. The smallest absolute Gasteiger partial charge is 0.312 e. The molecule has 1 N–H and O–H groups in total. The van der Waals surface area contributed by atoms with Crippen LogP contribution >= 0.6 is 0 Å². The lowest BCUT2D eigenvalue weighted by molar-refractivity contribution is -0.141.